The van der Waals surface area contributed by atoms with E-state index in [4.69, 9.17) is 9.84 Å². The minimum atomic E-state index is -0.918. The van der Waals surface area contributed by atoms with E-state index in [0.29, 0.717) is 5.75 Å². The SMILES string of the molecule is CCn1c(SCc2ccc(C(=O)O)cc2)nnc1-c1ccc(OC)cc1. The molecular weight excluding hydrogens is 350 g/mol. The average molecular weight is 369 g/mol. The number of thioether (sulfide) groups is 1. The highest BCUT2D eigenvalue weighted by Crippen LogP contribution is 2.27. The standard InChI is InChI=1S/C19H19N3O3S/c1-3-22-17(14-8-10-16(25-2)11-9-14)20-21-19(22)26-12-13-4-6-15(7-5-13)18(23)24/h4-11H,3,12H2,1-2H3,(H,23,24). The Bertz CT molecular complexity index is 889. The summed E-state index contributed by atoms with van der Waals surface area (Å²) in [6.07, 6.45) is 0. The second-order valence-corrected chi connectivity index (χ2v) is 6.51. The van der Waals surface area contributed by atoms with Crippen LogP contribution in [0.1, 0.15) is 22.8 Å². The molecule has 0 atom stereocenters. The number of carbonyl (C=O) groups is 1. The van der Waals surface area contributed by atoms with Gasteiger partial charge in [0.05, 0.1) is 12.7 Å². The van der Waals surface area contributed by atoms with Crippen LogP contribution in [0, 0.1) is 0 Å². The molecule has 0 fully saturated rings. The summed E-state index contributed by atoms with van der Waals surface area (Å²) >= 11 is 1.58. The third-order valence-electron chi connectivity index (χ3n) is 3.95. The van der Waals surface area contributed by atoms with Gasteiger partial charge >= 0.3 is 5.97 Å². The fraction of sp³-hybridized carbons (Fsp3) is 0.211. The van der Waals surface area contributed by atoms with Crippen LogP contribution < -0.4 is 4.74 Å². The summed E-state index contributed by atoms with van der Waals surface area (Å²) in [7, 11) is 1.64. The maximum Gasteiger partial charge on any atom is 0.335 e. The Hall–Kier alpha value is -2.80. The smallest absolute Gasteiger partial charge is 0.335 e. The number of rotatable bonds is 7. The van der Waals surface area contributed by atoms with Crippen LogP contribution in [0.3, 0.4) is 0 Å². The highest BCUT2D eigenvalue weighted by atomic mass is 32.2. The lowest BCUT2D eigenvalue weighted by molar-refractivity contribution is 0.0697. The Kier molecular flexibility index (Phi) is 5.58. The zero-order valence-corrected chi connectivity index (χ0v) is 15.4. The fourth-order valence-corrected chi connectivity index (χ4v) is 3.48. The summed E-state index contributed by atoms with van der Waals surface area (Å²) in [6.45, 7) is 2.82. The van der Waals surface area contributed by atoms with Gasteiger partial charge in [-0.15, -0.1) is 10.2 Å². The Balaban J connectivity index is 1.76. The average Bonchev–Trinajstić information content (AvgIpc) is 3.09. The van der Waals surface area contributed by atoms with E-state index in [1.165, 1.54) is 0 Å². The molecule has 1 aromatic heterocycles. The second kappa shape index (κ2) is 8.05. The predicted octanol–water partition coefficient (Wildman–Crippen LogP) is 3.96. The van der Waals surface area contributed by atoms with Crippen molar-refractivity contribution in [2.75, 3.05) is 7.11 Å². The molecule has 0 saturated heterocycles. The predicted molar refractivity (Wildman–Crippen MR) is 101 cm³/mol. The first kappa shape index (κ1) is 18.0. The number of benzene rings is 2. The maximum absolute atomic E-state index is 10.9. The van der Waals surface area contributed by atoms with Crippen LogP contribution in [-0.4, -0.2) is 33.0 Å². The molecule has 0 unspecified atom stereocenters. The van der Waals surface area contributed by atoms with Gasteiger partial charge in [0.15, 0.2) is 11.0 Å². The quantitative estimate of drug-likeness (QED) is 0.635. The van der Waals surface area contributed by atoms with Crippen molar-refractivity contribution in [3.63, 3.8) is 0 Å². The first-order chi connectivity index (χ1) is 12.6. The van der Waals surface area contributed by atoms with Gasteiger partial charge in [0.2, 0.25) is 0 Å². The highest BCUT2D eigenvalue weighted by molar-refractivity contribution is 7.98. The summed E-state index contributed by atoms with van der Waals surface area (Å²) in [4.78, 5) is 10.9. The minimum absolute atomic E-state index is 0.289. The highest BCUT2D eigenvalue weighted by Gasteiger charge is 2.13. The lowest BCUT2D eigenvalue weighted by atomic mass is 10.1. The molecule has 134 valence electrons. The molecule has 26 heavy (non-hydrogen) atoms. The largest absolute Gasteiger partial charge is 0.497 e. The zero-order chi connectivity index (χ0) is 18.5. The number of methoxy groups -OCH3 is 1. The molecule has 0 bridgehead atoms. The molecule has 6 nitrogen and oxygen atoms in total. The molecular formula is C19H19N3O3S. The summed E-state index contributed by atoms with van der Waals surface area (Å²) in [5, 5.41) is 18.4. The van der Waals surface area contributed by atoms with E-state index >= 15 is 0 Å². The van der Waals surface area contributed by atoms with Crippen molar-refractivity contribution >= 4 is 17.7 Å². The second-order valence-electron chi connectivity index (χ2n) is 5.57. The van der Waals surface area contributed by atoms with Crippen LogP contribution in [0.2, 0.25) is 0 Å². The van der Waals surface area contributed by atoms with E-state index in [2.05, 4.69) is 21.7 Å². The number of hydrogen-bond acceptors (Lipinski definition) is 5. The van der Waals surface area contributed by atoms with Crippen molar-refractivity contribution in [2.24, 2.45) is 0 Å². The van der Waals surface area contributed by atoms with E-state index in [1.54, 1.807) is 31.0 Å². The van der Waals surface area contributed by atoms with Crippen molar-refractivity contribution in [3.8, 4) is 17.1 Å². The van der Waals surface area contributed by atoms with Crippen LogP contribution in [0.15, 0.2) is 53.7 Å². The monoisotopic (exact) mass is 369 g/mol. The summed E-state index contributed by atoms with van der Waals surface area (Å²) in [5.41, 5.74) is 2.31. The molecule has 0 aliphatic rings. The number of nitrogens with zero attached hydrogens (tertiary/aromatic N) is 3. The summed E-state index contributed by atoms with van der Waals surface area (Å²) < 4.78 is 7.26. The van der Waals surface area contributed by atoms with Gasteiger partial charge in [-0.2, -0.15) is 0 Å². The van der Waals surface area contributed by atoms with E-state index in [1.807, 2.05) is 36.4 Å². The van der Waals surface area contributed by atoms with Gasteiger partial charge in [-0.1, -0.05) is 23.9 Å². The van der Waals surface area contributed by atoms with E-state index < -0.39 is 5.97 Å². The maximum atomic E-state index is 10.9. The van der Waals surface area contributed by atoms with Crippen molar-refractivity contribution in [1.82, 2.24) is 14.8 Å². The Morgan fingerprint density at radius 1 is 1.12 bits per heavy atom. The number of hydrogen-bond donors (Lipinski definition) is 1. The molecule has 3 aromatic rings. The topological polar surface area (TPSA) is 77.2 Å². The summed E-state index contributed by atoms with van der Waals surface area (Å²) in [6, 6.07) is 14.6. The van der Waals surface area contributed by atoms with Gasteiger partial charge in [-0.25, -0.2) is 4.79 Å². The molecule has 0 radical (unpaired) electrons. The first-order valence-electron chi connectivity index (χ1n) is 8.15. The number of aromatic carboxylic acids is 1. The van der Waals surface area contributed by atoms with Gasteiger partial charge in [0, 0.05) is 17.9 Å². The molecule has 0 amide bonds. The van der Waals surface area contributed by atoms with E-state index in [-0.39, 0.29) is 5.56 Å². The molecule has 0 spiro atoms. The fourth-order valence-electron chi connectivity index (χ4n) is 2.53. The number of aromatic nitrogens is 3. The zero-order valence-electron chi connectivity index (χ0n) is 14.5. The van der Waals surface area contributed by atoms with Crippen LogP contribution in [-0.2, 0) is 12.3 Å². The van der Waals surface area contributed by atoms with Crippen LogP contribution in [0.25, 0.3) is 11.4 Å². The third-order valence-corrected chi connectivity index (χ3v) is 4.99. The van der Waals surface area contributed by atoms with E-state index in [0.717, 1.165) is 34.4 Å². The minimum Gasteiger partial charge on any atom is -0.497 e. The van der Waals surface area contributed by atoms with Crippen molar-refractivity contribution in [3.05, 3.63) is 59.7 Å². The number of carboxylic acids is 1. The molecule has 0 saturated carbocycles. The molecule has 1 heterocycles. The molecule has 0 aliphatic carbocycles. The molecule has 2 aromatic carbocycles. The lowest BCUT2D eigenvalue weighted by Crippen LogP contribution is -2.00. The van der Waals surface area contributed by atoms with Crippen LogP contribution >= 0.6 is 11.8 Å². The lowest BCUT2D eigenvalue weighted by Gasteiger charge is -2.08. The van der Waals surface area contributed by atoms with Gasteiger partial charge in [0.1, 0.15) is 5.75 Å². The molecule has 7 heteroatoms. The molecule has 1 N–H and O–H groups in total. The van der Waals surface area contributed by atoms with Crippen molar-refractivity contribution in [1.29, 1.82) is 0 Å². The Labute approximate surface area is 155 Å². The van der Waals surface area contributed by atoms with Crippen molar-refractivity contribution < 1.29 is 14.6 Å². The van der Waals surface area contributed by atoms with E-state index in [9.17, 15) is 4.79 Å². The Morgan fingerprint density at radius 3 is 2.38 bits per heavy atom. The molecule has 3 rings (SSSR count). The van der Waals surface area contributed by atoms with Crippen LogP contribution in [0.4, 0.5) is 0 Å². The normalized spacial score (nSPS) is 10.7. The van der Waals surface area contributed by atoms with Crippen molar-refractivity contribution in [2.45, 2.75) is 24.4 Å². The number of carboxylic acid groups (broad SMARTS) is 1. The van der Waals surface area contributed by atoms with Gasteiger partial charge < -0.3 is 14.4 Å². The van der Waals surface area contributed by atoms with Gasteiger partial charge in [0.25, 0.3) is 0 Å². The van der Waals surface area contributed by atoms with Crippen LogP contribution in [0.5, 0.6) is 5.75 Å². The number of ether oxygens (including phenoxy) is 1. The first-order valence-corrected chi connectivity index (χ1v) is 9.13. The van der Waals surface area contributed by atoms with Gasteiger partial charge in [-0.3, -0.25) is 0 Å². The third kappa shape index (κ3) is 3.88. The Morgan fingerprint density at radius 2 is 1.81 bits per heavy atom. The summed E-state index contributed by atoms with van der Waals surface area (Å²) in [5.74, 6) is 1.40. The van der Waals surface area contributed by atoms with Gasteiger partial charge in [-0.05, 0) is 48.9 Å². The molecule has 0 aliphatic heterocycles.